The largest absolute Gasteiger partial charge is 0.480 e. The van der Waals surface area contributed by atoms with E-state index in [1.54, 1.807) is 20.8 Å². The van der Waals surface area contributed by atoms with Gasteiger partial charge in [0.15, 0.2) is 0 Å². The SMILES string of the molecule is COCC1CCC(NC(=O)OC(C)(C)C)C(=O)N1CC(=O)O. The molecule has 8 nitrogen and oxygen atoms in total. The summed E-state index contributed by atoms with van der Waals surface area (Å²) < 4.78 is 10.1. The molecule has 1 heterocycles. The lowest BCUT2D eigenvalue weighted by Gasteiger charge is -2.38. The third-order valence-corrected chi connectivity index (χ3v) is 3.17. The van der Waals surface area contributed by atoms with Gasteiger partial charge in [0.25, 0.3) is 0 Å². The highest BCUT2D eigenvalue weighted by atomic mass is 16.6. The van der Waals surface area contributed by atoms with Crippen LogP contribution < -0.4 is 5.32 Å². The molecule has 1 aliphatic rings. The van der Waals surface area contributed by atoms with Gasteiger partial charge in [-0.3, -0.25) is 9.59 Å². The fourth-order valence-corrected chi connectivity index (χ4v) is 2.32. The van der Waals surface area contributed by atoms with Crippen molar-refractivity contribution in [2.75, 3.05) is 20.3 Å². The molecule has 0 radical (unpaired) electrons. The van der Waals surface area contributed by atoms with E-state index in [0.717, 1.165) is 0 Å². The highest BCUT2D eigenvalue weighted by Crippen LogP contribution is 2.19. The van der Waals surface area contributed by atoms with Crippen molar-refractivity contribution in [3.05, 3.63) is 0 Å². The summed E-state index contributed by atoms with van der Waals surface area (Å²) in [7, 11) is 1.49. The first-order valence-electron chi connectivity index (χ1n) is 7.14. The summed E-state index contributed by atoms with van der Waals surface area (Å²) in [5.74, 6) is -1.53. The lowest BCUT2D eigenvalue weighted by atomic mass is 9.98. The molecule has 2 N–H and O–H groups in total. The summed E-state index contributed by atoms with van der Waals surface area (Å²) in [6.07, 6.45) is 0.279. The molecule has 0 bridgehead atoms. The number of carbonyl (C=O) groups is 3. The van der Waals surface area contributed by atoms with Crippen LogP contribution in [0, 0.1) is 0 Å². The van der Waals surface area contributed by atoms with Gasteiger partial charge in [0.1, 0.15) is 18.2 Å². The first kappa shape index (κ1) is 18.2. The molecule has 0 aromatic heterocycles. The Balaban J connectivity index is 2.72. The number of alkyl carbamates (subject to hydrolysis) is 1. The molecule has 0 aliphatic carbocycles. The lowest BCUT2D eigenvalue weighted by Crippen LogP contribution is -2.58. The zero-order valence-corrected chi connectivity index (χ0v) is 13.4. The smallest absolute Gasteiger partial charge is 0.408 e. The predicted octanol–water partition coefficient (Wildman–Crippen LogP) is 0.602. The molecule has 2 atom stereocenters. The van der Waals surface area contributed by atoms with E-state index in [1.165, 1.54) is 12.0 Å². The number of amides is 2. The van der Waals surface area contributed by atoms with Crippen LogP contribution in [0.25, 0.3) is 0 Å². The second kappa shape index (κ2) is 7.44. The van der Waals surface area contributed by atoms with Crippen LogP contribution in [0.5, 0.6) is 0 Å². The number of rotatable bonds is 5. The first-order chi connectivity index (χ1) is 10.1. The third-order valence-electron chi connectivity index (χ3n) is 3.17. The lowest BCUT2D eigenvalue weighted by molar-refractivity contribution is -0.150. The molecule has 0 aromatic rings. The molecular weight excluding hydrogens is 292 g/mol. The number of piperidine rings is 1. The van der Waals surface area contributed by atoms with E-state index < -0.39 is 36.2 Å². The van der Waals surface area contributed by atoms with Gasteiger partial charge in [-0.2, -0.15) is 0 Å². The van der Waals surface area contributed by atoms with Gasteiger partial charge in [0, 0.05) is 7.11 Å². The molecule has 8 heteroatoms. The third kappa shape index (κ3) is 5.51. The zero-order chi connectivity index (χ0) is 16.9. The van der Waals surface area contributed by atoms with Crippen LogP contribution in [0.15, 0.2) is 0 Å². The van der Waals surface area contributed by atoms with Gasteiger partial charge in [0.2, 0.25) is 5.91 Å². The molecule has 2 amide bonds. The number of likely N-dealkylation sites (tertiary alicyclic amines) is 1. The standard InChI is InChI=1S/C14H24N2O6/c1-14(2,3)22-13(20)15-10-6-5-9(8-21-4)16(12(10)19)7-11(17)18/h9-10H,5-8H2,1-4H3,(H,15,20)(H,17,18). The highest BCUT2D eigenvalue weighted by Gasteiger charge is 2.37. The number of hydrogen-bond acceptors (Lipinski definition) is 5. The number of hydrogen-bond donors (Lipinski definition) is 2. The molecule has 0 aromatic carbocycles. The van der Waals surface area contributed by atoms with Crippen LogP contribution in [0.1, 0.15) is 33.6 Å². The number of nitrogens with one attached hydrogen (secondary N) is 1. The van der Waals surface area contributed by atoms with Crippen molar-refractivity contribution in [3.8, 4) is 0 Å². The summed E-state index contributed by atoms with van der Waals surface area (Å²) >= 11 is 0. The van der Waals surface area contributed by atoms with Crippen LogP contribution >= 0.6 is 0 Å². The van der Waals surface area contributed by atoms with Crippen molar-refractivity contribution >= 4 is 18.0 Å². The van der Waals surface area contributed by atoms with Gasteiger partial charge in [-0.05, 0) is 33.6 Å². The van der Waals surface area contributed by atoms with Gasteiger partial charge in [-0.15, -0.1) is 0 Å². The number of nitrogens with zero attached hydrogens (tertiary/aromatic N) is 1. The molecule has 1 rings (SSSR count). The molecule has 2 unspecified atom stereocenters. The van der Waals surface area contributed by atoms with Crippen molar-refractivity contribution in [1.82, 2.24) is 10.2 Å². The fourth-order valence-electron chi connectivity index (χ4n) is 2.32. The number of carbonyl (C=O) groups excluding carboxylic acids is 2. The number of aliphatic carboxylic acids is 1. The quantitative estimate of drug-likeness (QED) is 0.769. The summed E-state index contributed by atoms with van der Waals surface area (Å²) in [5.41, 5.74) is -0.666. The van der Waals surface area contributed by atoms with Gasteiger partial charge in [-0.25, -0.2) is 4.79 Å². The summed E-state index contributed by atoms with van der Waals surface area (Å²) in [6, 6.07) is -1.08. The summed E-state index contributed by atoms with van der Waals surface area (Å²) in [5, 5.41) is 11.4. The van der Waals surface area contributed by atoms with Crippen LogP contribution in [0.2, 0.25) is 0 Å². The second-order valence-corrected chi connectivity index (χ2v) is 6.25. The number of carboxylic acid groups (broad SMARTS) is 1. The maximum absolute atomic E-state index is 12.4. The number of methoxy groups -OCH3 is 1. The maximum Gasteiger partial charge on any atom is 0.408 e. The van der Waals surface area contributed by atoms with E-state index in [-0.39, 0.29) is 12.6 Å². The average molecular weight is 316 g/mol. The highest BCUT2D eigenvalue weighted by molar-refractivity contribution is 5.89. The van der Waals surface area contributed by atoms with Crippen LogP contribution in [-0.4, -0.2) is 65.9 Å². The van der Waals surface area contributed by atoms with E-state index in [9.17, 15) is 14.4 Å². The molecule has 1 aliphatic heterocycles. The van der Waals surface area contributed by atoms with Crippen LogP contribution in [0.4, 0.5) is 4.79 Å². The topological polar surface area (TPSA) is 105 Å². The Morgan fingerprint density at radius 2 is 2.00 bits per heavy atom. The number of carboxylic acids is 1. The van der Waals surface area contributed by atoms with Gasteiger partial charge < -0.3 is 24.8 Å². The minimum Gasteiger partial charge on any atom is -0.480 e. The van der Waals surface area contributed by atoms with E-state index in [4.69, 9.17) is 14.6 Å². The van der Waals surface area contributed by atoms with Crippen molar-refractivity contribution in [2.24, 2.45) is 0 Å². The Morgan fingerprint density at radius 3 is 2.50 bits per heavy atom. The van der Waals surface area contributed by atoms with E-state index in [2.05, 4.69) is 5.32 Å². The van der Waals surface area contributed by atoms with Crippen molar-refractivity contribution in [2.45, 2.75) is 51.3 Å². The Morgan fingerprint density at radius 1 is 1.36 bits per heavy atom. The van der Waals surface area contributed by atoms with E-state index in [1.807, 2.05) is 0 Å². The van der Waals surface area contributed by atoms with Crippen molar-refractivity contribution in [3.63, 3.8) is 0 Å². The molecule has 1 fully saturated rings. The molecule has 126 valence electrons. The Kier molecular flexibility index (Phi) is 6.16. The maximum atomic E-state index is 12.4. The van der Waals surface area contributed by atoms with Crippen LogP contribution in [-0.2, 0) is 19.1 Å². The second-order valence-electron chi connectivity index (χ2n) is 6.25. The predicted molar refractivity (Wildman–Crippen MR) is 77.4 cm³/mol. The van der Waals surface area contributed by atoms with Crippen molar-refractivity contribution < 1.29 is 29.0 Å². The Hall–Kier alpha value is -1.83. The van der Waals surface area contributed by atoms with Gasteiger partial charge >= 0.3 is 12.1 Å². The number of ether oxygens (including phenoxy) is 2. The minimum absolute atomic E-state index is 0.262. The van der Waals surface area contributed by atoms with Gasteiger partial charge in [0.05, 0.1) is 12.6 Å². The average Bonchev–Trinajstić information content (AvgIpc) is 2.34. The summed E-state index contributed by atoms with van der Waals surface area (Å²) in [6.45, 7) is 5.01. The Bertz CT molecular complexity index is 432. The zero-order valence-electron chi connectivity index (χ0n) is 13.4. The van der Waals surface area contributed by atoms with Crippen molar-refractivity contribution in [1.29, 1.82) is 0 Å². The molecule has 1 saturated heterocycles. The van der Waals surface area contributed by atoms with E-state index >= 15 is 0 Å². The van der Waals surface area contributed by atoms with Crippen LogP contribution in [0.3, 0.4) is 0 Å². The van der Waals surface area contributed by atoms with E-state index in [0.29, 0.717) is 12.8 Å². The first-order valence-corrected chi connectivity index (χ1v) is 7.14. The van der Waals surface area contributed by atoms with Gasteiger partial charge in [-0.1, -0.05) is 0 Å². The Labute approximate surface area is 129 Å². The summed E-state index contributed by atoms with van der Waals surface area (Å²) in [4.78, 5) is 36.3. The molecule has 22 heavy (non-hydrogen) atoms. The monoisotopic (exact) mass is 316 g/mol. The minimum atomic E-state index is -1.10. The fraction of sp³-hybridized carbons (Fsp3) is 0.786. The normalized spacial score (nSPS) is 22.4. The molecular formula is C14H24N2O6. The molecule has 0 saturated carbocycles. The molecule has 0 spiro atoms.